The van der Waals surface area contributed by atoms with Crippen LogP contribution in [0.2, 0.25) is 5.02 Å². The number of benzene rings is 3. The molecule has 32 heavy (non-hydrogen) atoms. The van der Waals surface area contributed by atoms with Gasteiger partial charge in [0.1, 0.15) is 5.70 Å². The van der Waals surface area contributed by atoms with Crippen LogP contribution < -0.4 is 15.1 Å². The van der Waals surface area contributed by atoms with Crippen LogP contribution in [0, 0.1) is 0 Å². The third-order valence-corrected chi connectivity index (χ3v) is 5.75. The molecule has 3 aromatic rings. The summed E-state index contributed by atoms with van der Waals surface area (Å²) in [6.45, 7) is 6.05. The number of rotatable bonds is 7. The standard InChI is InChI=1S/C26H24ClN3O2/c1-3-29(4-2)21-16-12-20(13-17-21)28-24-23(18-8-6-5-7-9-18)25(31)30(26(24)32)22-14-10-19(27)11-15-22/h5-17,28H,3-4H2,1-2H3. The molecule has 0 aliphatic carbocycles. The SMILES string of the molecule is CCN(CC)c1ccc(NC2=C(c3ccccc3)C(=O)N(c3ccc(Cl)cc3)C2=O)cc1. The van der Waals surface area contributed by atoms with Crippen LogP contribution in [0.15, 0.2) is 84.6 Å². The molecule has 0 aromatic heterocycles. The van der Waals surface area contributed by atoms with Gasteiger partial charge in [0.05, 0.1) is 11.3 Å². The molecule has 1 aliphatic rings. The van der Waals surface area contributed by atoms with Crippen molar-refractivity contribution in [2.75, 3.05) is 28.2 Å². The number of nitrogens with zero attached hydrogens (tertiary/aromatic N) is 2. The van der Waals surface area contributed by atoms with Crippen LogP contribution in [0.1, 0.15) is 19.4 Å². The third-order valence-electron chi connectivity index (χ3n) is 5.50. The van der Waals surface area contributed by atoms with E-state index in [9.17, 15) is 9.59 Å². The van der Waals surface area contributed by atoms with Crippen molar-refractivity contribution in [2.24, 2.45) is 0 Å². The summed E-state index contributed by atoms with van der Waals surface area (Å²) in [4.78, 5) is 30.2. The lowest BCUT2D eigenvalue weighted by atomic mass is 10.0. The predicted molar refractivity (Wildman–Crippen MR) is 131 cm³/mol. The topological polar surface area (TPSA) is 52.7 Å². The molecule has 3 aromatic carbocycles. The Hall–Kier alpha value is -3.57. The van der Waals surface area contributed by atoms with Gasteiger partial charge in [0.2, 0.25) is 0 Å². The van der Waals surface area contributed by atoms with Crippen LogP contribution >= 0.6 is 11.6 Å². The van der Waals surface area contributed by atoms with Crippen LogP contribution in [0.25, 0.3) is 5.57 Å². The minimum atomic E-state index is -0.399. The summed E-state index contributed by atoms with van der Waals surface area (Å²) in [5.41, 5.74) is 3.61. The van der Waals surface area contributed by atoms with Gasteiger partial charge in [-0.25, -0.2) is 4.90 Å². The minimum absolute atomic E-state index is 0.256. The fourth-order valence-corrected chi connectivity index (χ4v) is 3.96. The molecule has 0 bridgehead atoms. The molecule has 2 amide bonds. The Morgan fingerprint density at radius 1 is 0.812 bits per heavy atom. The quantitative estimate of drug-likeness (QED) is 0.482. The smallest absolute Gasteiger partial charge is 0.282 e. The number of hydrogen-bond donors (Lipinski definition) is 1. The summed E-state index contributed by atoms with van der Waals surface area (Å²) in [6, 6.07) is 23.8. The van der Waals surface area contributed by atoms with Crippen LogP contribution in [0.5, 0.6) is 0 Å². The minimum Gasteiger partial charge on any atom is -0.372 e. The molecule has 1 N–H and O–H groups in total. The van der Waals surface area contributed by atoms with E-state index in [1.807, 2.05) is 54.6 Å². The average Bonchev–Trinajstić information content (AvgIpc) is 3.06. The molecule has 0 fully saturated rings. The molecule has 0 saturated carbocycles. The van der Waals surface area contributed by atoms with E-state index >= 15 is 0 Å². The van der Waals surface area contributed by atoms with Gasteiger partial charge < -0.3 is 10.2 Å². The van der Waals surface area contributed by atoms with Crippen molar-refractivity contribution in [3.8, 4) is 0 Å². The van der Waals surface area contributed by atoms with Crippen molar-refractivity contribution in [1.29, 1.82) is 0 Å². The van der Waals surface area contributed by atoms with Crippen molar-refractivity contribution in [3.05, 3.63) is 95.1 Å². The molecule has 5 nitrogen and oxygen atoms in total. The van der Waals surface area contributed by atoms with Crippen LogP contribution in [-0.4, -0.2) is 24.9 Å². The Bertz CT molecular complexity index is 1150. The zero-order valence-corrected chi connectivity index (χ0v) is 18.8. The first-order valence-electron chi connectivity index (χ1n) is 10.6. The normalized spacial score (nSPS) is 13.7. The van der Waals surface area contributed by atoms with Crippen molar-refractivity contribution < 1.29 is 9.59 Å². The highest BCUT2D eigenvalue weighted by Crippen LogP contribution is 2.34. The number of carbonyl (C=O) groups is 2. The number of nitrogens with one attached hydrogen (secondary N) is 1. The summed E-state index contributed by atoms with van der Waals surface area (Å²) in [6.07, 6.45) is 0. The molecule has 162 valence electrons. The summed E-state index contributed by atoms with van der Waals surface area (Å²) in [7, 11) is 0. The second-order valence-electron chi connectivity index (χ2n) is 7.38. The highest BCUT2D eigenvalue weighted by Gasteiger charge is 2.40. The number of anilines is 3. The lowest BCUT2D eigenvalue weighted by molar-refractivity contribution is -0.120. The maximum Gasteiger partial charge on any atom is 0.282 e. The van der Waals surface area contributed by atoms with Crippen molar-refractivity contribution in [2.45, 2.75) is 13.8 Å². The van der Waals surface area contributed by atoms with Gasteiger partial charge in [0, 0.05) is 29.5 Å². The molecule has 1 heterocycles. The fraction of sp³-hybridized carbons (Fsp3) is 0.154. The molecule has 0 unspecified atom stereocenters. The van der Waals surface area contributed by atoms with E-state index in [0.717, 1.165) is 24.5 Å². The van der Waals surface area contributed by atoms with E-state index in [2.05, 4.69) is 24.1 Å². The average molecular weight is 446 g/mol. The number of halogens is 1. The van der Waals surface area contributed by atoms with Crippen molar-refractivity contribution >= 4 is 46.1 Å². The molecule has 0 saturated heterocycles. The highest BCUT2D eigenvalue weighted by atomic mass is 35.5. The van der Waals surface area contributed by atoms with Gasteiger partial charge in [-0.2, -0.15) is 0 Å². The summed E-state index contributed by atoms with van der Waals surface area (Å²) >= 11 is 5.99. The zero-order valence-electron chi connectivity index (χ0n) is 18.0. The van der Waals surface area contributed by atoms with E-state index in [-0.39, 0.29) is 11.6 Å². The largest absolute Gasteiger partial charge is 0.372 e. The lowest BCUT2D eigenvalue weighted by Gasteiger charge is -2.21. The van der Waals surface area contributed by atoms with Gasteiger partial charge in [0.15, 0.2) is 0 Å². The maximum atomic E-state index is 13.4. The van der Waals surface area contributed by atoms with E-state index in [1.54, 1.807) is 24.3 Å². The second-order valence-corrected chi connectivity index (χ2v) is 7.82. The Morgan fingerprint density at radius 2 is 1.44 bits per heavy atom. The third kappa shape index (κ3) is 4.12. The van der Waals surface area contributed by atoms with Gasteiger partial charge in [0.25, 0.3) is 11.8 Å². The Kier molecular flexibility index (Phi) is 6.28. The highest BCUT2D eigenvalue weighted by molar-refractivity contribution is 6.46. The van der Waals surface area contributed by atoms with E-state index in [0.29, 0.717) is 21.8 Å². The summed E-state index contributed by atoms with van der Waals surface area (Å²) in [5.74, 6) is -0.769. The van der Waals surface area contributed by atoms with Gasteiger partial charge in [-0.3, -0.25) is 9.59 Å². The Labute approximate surface area is 192 Å². The van der Waals surface area contributed by atoms with Crippen LogP contribution in [0.3, 0.4) is 0 Å². The molecular weight excluding hydrogens is 422 g/mol. The van der Waals surface area contributed by atoms with Crippen LogP contribution in [0.4, 0.5) is 17.1 Å². The molecule has 1 aliphatic heterocycles. The molecule has 0 atom stereocenters. The van der Waals surface area contributed by atoms with Gasteiger partial charge in [-0.05, 0) is 67.9 Å². The molecule has 6 heteroatoms. The summed E-state index contributed by atoms with van der Waals surface area (Å²) in [5, 5.41) is 3.74. The van der Waals surface area contributed by atoms with Gasteiger partial charge in [-0.15, -0.1) is 0 Å². The summed E-state index contributed by atoms with van der Waals surface area (Å²) < 4.78 is 0. The monoisotopic (exact) mass is 445 g/mol. The second kappa shape index (κ2) is 9.28. The van der Waals surface area contributed by atoms with Crippen molar-refractivity contribution in [1.82, 2.24) is 0 Å². The van der Waals surface area contributed by atoms with Gasteiger partial charge >= 0.3 is 0 Å². The number of imide groups is 1. The van der Waals surface area contributed by atoms with E-state index in [4.69, 9.17) is 11.6 Å². The number of hydrogen-bond acceptors (Lipinski definition) is 4. The predicted octanol–water partition coefficient (Wildman–Crippen LogP) is 5.58. The van der Waals surface area contributed by atoms with Gasteiger partial charge in [-0.1, -0.05) is 41.9 Å². The van der Waals surface area contributed by atoms with E-state index < -0.39 is 5.91 Å². The Balaban J connectivity index is 1.72. The molecule has 0 radical (unpaired) electrons. The molecular formula is C26H24ClN3O2. The van der Waals surface area contributed by atoms with Crippen LogP contribution in [-0.2, 0) is 9.59 Å². The fourth-order valence-electron chi connectivity index (χ4n) is 3.83. The Morgan fingerprint density at radius 3 is 2.03 bits per heavy atom. The first-order valence-corrected chi connectivity index (χ1v) is 11.0. The first kappa shape index (κ1) is 21.7. The maximum absolute atomic E-state index is 13.4. The molecule has 0 spiro atoms. The lowest BCUT2D eigenvalue weighted by Crippen LogP contribution is -2.32. The number of amides is 2. The number of carbonyl (C=O) groups excluding carboxylic acids is 2. The van der Waals surface area contributed by atoms with E-state index in [1.165, 1.54) is 4.90 Å². The van der Waals surface area contributed by atoms with Crippen molar-refractivity contribution in [3.63, 3.8) is 0 Å². The first-order chi connectivity index (χ1) is 15.5. The molecule has 4 rings (SSSR count). The zero-order chi connectivity index (χ0) is 22.7.